The summed E-state index contributed by atoms with van der Waals surface area (Å²) in [4.78, 5) is 27.2. The van der Waals surface area contributed by atoms with Crippen molar-refractivity contribution in [3.63, 3.8) is 0 Å². The molecule has 33 heavy (non-hydrogen) atoms. The van der Waals surface area contributed by atoms with Crippen LogP contribution in [0, 0.1) is 5.92 Å². The number of benzene rings is 1. The van der Waals surface area contributed by atoms with Crippen LogP contribution in [0.25, 0.3) is 0 Å². The molecule has 2 aromatic heterocycles. The molecule has 0 aliphatic rings. The third kappa shape index (κ3) is 6.75. The number of hydrogen-bond acceptors (Lipinski definition) is 3. The van der Waals surface area contributed by atoms with E-state index in [0.29, 0.717) is 54.2 Å². The van der Waals surface area contributed by atoms with E-state index >= 15 is 0 Å². The Morgan fingerprint density at radius 3 is 2.64 bits per heavy atom. The van der Waals surface area contributed by atoms with Gasteiger partial charge >= 0.3 is 0 Å². The first-order chi connectivity index (χ1) is 15.9. The largest absolute Gasteiger partial charge is 0.454 e. The van der Waals surface area contributed by atoms with Crippen LogP contribution in [0.3, 0.4) is 0 Å². The summed E-state index contributed by atoms with van der Waals surface area (Å²) >= 11 is 6.26. The fourth-order valence-corrected chi connectivity index (χ4v) is 3.80. The van der Waals surface area contributed by atoms with Crippen LogP contribution in [0.5, 0.6) is 0 Å². The highest BCUT2D eigenvalue weighted by Gasteiger charge is 2.19. The van der Waals surface area contributed by atoms with Crippen LogP contribution in [0.1, 0.15) is 66.0 Å². The van der Waals surface area contributed by atoms with Crippen molar-refractivity contribution in [2.45, 2.75) is 46.7 Å². The SMILES string of the molecule is CCCN(Cc1cccn1Cc1ccc(C(=O)NCCC(C)C)o1)C(=O)c1ccccc1Cl. The molecule has 3 aromatic rings. The Hall–Kier alpha value is -2.99. The quantitative estimate of drug-likeness (QED) is 0.396. The van der Waals surface area contributed by atoms with Crippen molar-refractivity contribution in [2.75, 3.05) is 13.1 Å². The zero-order valence-electron chi connectivity index (χ0n) is 19.5. The first-order valence-electron chi connectivity index (χ1n) is 11.4. The van der Waals surface area contributed by atoms with E-state index in [1.807, 2.05) is 52.9 Å². The van der Waals surface area contributed by atoms with Crippen molar-refractivity contribution in [3.05, 3.63) is 82.5 Å². The van der Waals surface area contributed by atoms with Gasteiger partial charge in [0.2, 0.25) is 0 Å². The third-order valence-corrected chi connectivity index (χ3v) is 5.71. The molecule has 2 heterocycles. The molecule has 0 fully saturated rings. The van der Waals surface area contributed by atoms with E-state index in [2.05, 4.69) is 19.2 Å². The number of carbonyl (C=O) groups excluding carboxylic acids is 2. The summed E-state index contributed by atoms with van der Waals surface area (Å²) in [5.41, 5.74) is 1.48. The molecule has 6 nitrogen and oxygen atoms in total. The molecule has 0 aliphatic carbocycles. The number of halogens is 1. The Labute approximate surface area is 200 Å². The third-order valence-electron chi connectivity index (χ3n) is 5.38. The van der Waals surface area contributed by atoms with Crippen molar-refractivity contribution < 1.29 is 14.0 Å². The first kappa shape index (κ1) is 24.6. The molecular weight excluding hydrogens is 438 g/mol. The lowest BCUT2D eigenvalue weighted by atomic mass is 10.1. The van der Waals surface area contributed by atoms with E-state index in [9.17, 15) is 9.59 Å². The highest BCUT2D eigenvalue weighted by atomic mass is 35.5. The molecule has 0 aliphatic heterocycles. The van der Waals surface area contributed by atoms with Crippen LogP contribution in [-0.4, -0.2) is 34.4 Å². The molecule has 176 valence electrons. The number of amides is 2. The van der Waals surface area contributed by atoms with E-state index in [1.165, 1.54) is 0 Å². The summed E-state index contributed by atoms with van der Waals surface area (Å²) < 4.78 is 7.81. The maximum Gasteiger partial charge on any atom is 0.286 e. The molecule has 2 amide bonds. The maximum absolute atomic E-state index is 13.1. The van der Waals surface area contributed by atoms with Gasteiger partial charge in [-0.3, -0.25) is 9.59 Å². The number of carbonyl (C=O) groups is 2. The van der Waals surface area contributed by atoms with Crippen LogP contribution < -0.4 is 5.32 Å². The van der Waals surface area contributed by atoms with Crippen molar-refractivity contribution in [3.8, 4) is 0 Å². The number of rotatable bonds is 11. The van der Waals surface area contributed by atoms with Crippen molar-refractivity contribution in [2.24, 2.45) is 5.92 Å². The van der Waals surface area contributed by atoms with E-state index in [0.717, 1.165) is 18.5 Å². The summed E-state index contributed by atoms with van der Waals surface area (Å²) in [6.07, 6.45) is 3.71. The predicted molar refractivity (Wildman–Crippen MR) is 131 cm³/mol. The highest BCUT2D eigenvalue weighted by molar-refractivity contribution is 6.33. The topological polar surface area (TPSA) is 67.5 Å². The van der Waals surface area contributed by atoms with Gasteiger partial charge < -0.3 is 19.2 Å². The number of nitrogens with zero attached hydrogens (tertiary/aromatic N) is 2. The lowest BCUT2D eigenvalue weighted by Gasteiger charge is -2.23. The summed E-state index contributed by atoms with van der Waals surface area (Å²) in [7, 11) is 0. The number of aromatic nitrogens is 1. The summed E-state index contributed by atoms with van der Waals surface area (Å²) in [5.74, 6) is 1.23. The zero-order valence-corrected chi connectivity index (χ0v) is 20.3. The normalized spacial score (nSPS) is 11.1. The second-order valence-corrected chi connectivity index (χ2v) is 8.95. The van der Waals surface area contributed by atoms with Gasteiger partial charge in [-0.15, -0.1) is 0 Å². The lowest BCUT2D eigenvalue weighted by Crippen LogP contribution is -2.32. The number of furan rings is 1. The zero-order chi connectivity index (χ0) is 23.8. The molecule has 0 atom stereocenters. The van der Waals surface area contributed by atoms with E-state index in [-0.39, 0.29) is 11.8 Å². The average molecular weight is 470 g/mol. The molecule has 0 saturated carbocycles. The minimum Gasteiger partial charge on any atom is -0.454 e. The molecule has 1 aromatic carbocycles. The van der Waals surface area contributed by atoms with Crippen LogP contribution in [0.15, 0.2) is 59.1 Å². The van der Waals surface area contributed by atoms with Crippen LogP contribution in [-0.2, 0) is 13.1 Å². The fraction of sp³-hybridized carbons (Fsp3) is 0.385. The van der Waals surface area contributed by atoms with Crippen LogP contribution >= 0.6 is 11.6 Å². The Morgan fingerprint density at radius 1 is 1.12 bits per heavy atom. The van der Waals surface area contributed by atoms with Gasteiger partial charge in [-0.25, -0.2) is 0 Å². The molecule has 0 unspecified atom stereocenters. The van der Waals surface area contributed by atoms with Crippen molar-refractivity contribution >= 4 is 23.4 Å². The van der Waals surface area contributed by atoms with Gasteiger partial charge in [-0.1, -0.05) is 44.5 Å². The second-order valence-electron chi connectivity index (χ2n) is 8.54. The molecule has 7 heteroatoms. The Kier molecular flexibility index (Phi) is 8.78. The van der Waals surface area contributed by atoms with Gasteiger partial charge in [0.15, 0.2) is 5.76 Å². The van der Waals surface area contributed by atoms with Gasteiger partial charge in [0.1, 0.15) is 5.76 Å². The highest BCUT2D eigenvalue weighted by Crippen LogP contribution is 2.20. The standard InChI is InChI=1S/C26H32ClN3O3/c1-4-15-30(26(32)22-9-5-6-10-23(22)27)17-20-8-7-16-29(20)18-21-11-12-24(33-21)25(31)28-14-13-19(2)3/h5-12,16,19H,4,13-15,17-18H2,1-3H3,(H,28,31). The molecule has 0 saturated heterocycles. The minimum absolute atomic E-state index is 0.0893. The second kappa shape index (κ2) is 11.8. The predicted octanol–water partition coefficient (Wildman–Crippen LogP) is 5.61. The molecule has 0 bridgehead atoms. The molecule has 0 radical (unpaired) electrons. The number of hydrogen-bond donors (Lipinski definition) is 1. The van der Waals surface area contributed by atoms with Crippen LogP contribution in [0.4, 0.5) is 0 Å². The smallest absolute Gasteiger partial charge is 0.286 e. The lowest BCUT2D eigenvalue weighted by molar-refractivity contribution is 0.0739. The first-order valence-corrected chi connectivity index (χ1v) is 11.8. The monoisotopic (exact) mass is 469 g/mol. The van der Waals surface area contributed by atoms with Gasteiger partial charge in [-0.2, -0.15) is 0 Å². The van der Waals surface area contributed by atoms with Gasteiger partial charge in [-0.05, 0) is 55.2 Å². The Balaban J connectivity index is 1.68. The Morgan fingerprint density at radius 2 is 1.91 bits per heavy atom. The van der Waals surface area contributed by atoms with Crippen molar-refractivity contribution in [1.82, 2.24) is 14.8 Å². The van der Waals surface area contributed by atoms with Crippen LogP contribution in [0.2, 0.25) is 5.02 Å². The average Bonchev–Trinajstić information content (AvgIpc) is 3.43. The maximum atomic E-state index is 13.1. The van der Waals surface area contributed by atoms with Gasteiger partial charge in [0.05, 0.1) is 23.7 Å². The minimum atomic E-state index is -0.200. The Bertz CT molecular complexity index is 1070. The summed E-state index contributed by atoms with van der Waals surface area (Å²) in [5, 5.41) is 3.34. The van der Waals surface area contributed by atoms with Crippen molar-refractivity contribution in [1.29, 1.82) is 0 Å². The molecule has 1 N–H and O–H groups in total. The molecular formula is C26H32ClN3O3. The molecule has 0 spiro atoms. The fourth-order valence-electron chi connectivity index (χ4n) is 3.58. The van der Waals surface area contributed by atoms with E-state index in [4.69, 9.17) is 16.0 Å². The van der Waals surface area contributed by atoms with Gasteiger partial charge in [0.25, 0.3) is 11.8 Å². The van der Waals surface area contributed by atoms with E-state index in [1.54, 1.807) is 18.2 Å². The molecule has 3 rings (SSSR count). The number of nitrogens with one attached hydrogen (secondary N) is 1. The van der Waals surface area contributed by atoms with Gasteiger partial charge in [0, 0.05) is 25.0 Å². The van der Waals surface area contributed by atoms with E-state index < -0.39 is 0 Å². The summed E-state index contributed by atoms with van der Waals surface area (Å²) in [6, 6.07) is 14.6. The summed E-state index contributed by atoms with van der Waals surface area (Å²) in [6.45, 7) is 8.46.